The van der Waals surface area contributed by atoms with Crippen molar-refractivity contribution in [1.29, 1.82) is 0 Å². The van der Waals surface area contributed by atoms with Gasteiger partial charge < -0.3 is 24.6 Å². The van der Waals surface area contributed by atoms with Crippen LogP contribution < -0.4 is 10.1 Å². The van der Waals surface area contributed by atoms with E-state index in [4.69, 9.17) is 14.5 Å². The fourth-order valence-electron chi connectivity index (χ4n) is 4.32. The molecule has 0 unspecified atom stereocenters. The number of ether oxygens (including phenoxy) is 2. The van der Waals surface area contributed by atoms with E-state index in [9.17, 15) is 9.59 Å². The zero-order chi connectivity index (χ0) is 27.1. The molecule has 1 atom stereocenters. The lowest BCUT2D eigenvalue weighted by Crippen LogP contribution is -2.38. The maximum Gasteiger partial charge on any atom is 0.338 e. The Bertz CT molecular complexity index is 1260. The van der Waals surface area contributed by atoms with Crippen LogP contribution in [0.4, 0.5) is 0 Å². The number of aliphatic imine (C=N–C) groups is 1. The van der Waals surface area contributed by atoms with Gasteiger partial charge in [-0.25, -0.2) is 9.79 Å². The number of rotatable bonds is 11. The fraction of sp³-hybridized carbons (Fsp3) is 0.345. The number of nitrogens with zero attached hydrogens (tertiary/aromatic N) is 3. The predicted octanol–water partition coefficient (Wildman–Crippen LogP) is 4.47. The molecule has 8 nitrogen and oxygen atoms in total. The summed E-state index contributed by atoms with van der Waals surface area (Å²) in [5.41, 5.74) is 3.76. The van der Waals surface area contributed by atoms with Crippen LogP contribution in [0.2, 0.25) is 0 Å². The maximum absolute atomic E-state index is 13.2. The van der Waals surface area contributed by atoms with Crippen LogP contribution in [0, 0.1) is 0 Å². The molecule has 1 amide bonds. The lowest BCUT2D eigenvalue weighted by atomic mass is 9.93. The van der Waals surface area contributed by atoms with Crippen molar-refractivity contribution >= 4 is 28.8 Å². The summed E-state index contributed by atoms with van der Waals surface area (Å²) in [6.07, 6.45) is 0.176. The first-order chi connectivity index (χ1) is 18.4. The third kappa shape index (κ3) is 6.65. The molecule has 0 spiro atoms. The quantitative estimate of drug-likeness (QED) is 0.426. The molecule has 38 heavy (non-hydrogen) atoms. The smallest absolute Gasteiger partial charge is 0.338 e. The van der Waals surface area contributed by atoms with Gasteiger partial charge in [-0.05, 0) is 56.6 Å². The van der Waals surface area contributed by atoms with Crippen LogP contribution in [0.25, 0.3) is 0 Å². The number of nitrogens with one attached hydrogen (secondary N) is 1. The summed E-state index contributed by atoms with van der Waals surface area (Å²) < 4.78 is 11.5. The van der Waals surface area contributed by atoms with Gasteiger partial charge in [-0.3, -0.25) is 4.79 Å². The number of likely N-dealkylation sites (N-methyl/N-ethyl adjacent to an activating group) is 1. The Morgan fingerprint density at radius 2 is 1.92 bits per heavy atom. The summed E-state index contributed by atoms with van der Waals surface area (Å²) in [6, 6.07) is 17.2. The van der Waals surface area contributed by atoms with E-state index in [0.717, 1.165) is 28.5 Å². The van der Waals surface area contributed by atoms with Gasteiger partial charge in [0, 0.05) is 18.8 Å². The Labute approximate surface area is 228 Å². The minimum Gasteiger partial charge on any atom is -0.489 e. The average molecular weight is 535 g/mol. The highest BCUT2D eigenvalue weighted by atomic mass is 32.2. The summed E-state index contributed by atoms with van der Waals surface area (Å²) in [6.45, 7) is 5.61. The second-order valence-electron chi connectivity index (χ2n) is 9.29. The van der Waals surface area contributed by atoms with Gasteiger partial charge in [0.1, 0.15) is 12.4 Å². The highest BCUT2D eigenvalue weighted by Gasteiger charge is 2.41. The minimum atomic E-state index is -0.502. The Kier molecular flexibility index (Phi) is 9.25. The third-order valence-corrected chi connectivity index (χ3v) is 7.03. The Balaban J connectivity index is 1.62. The summed E-state index contributed by atoms with van der Waals surface area (Å²) in [7, 11) is 3.93. The molecule has 0 aromatic heterocycles. The number of carbonyl (C=O) groups is 2. The van der Waals surface area contributed by atoms with Gasteiger partial charge in [0.2, 0.25) is 5.91 Å². The molecule has 0 aliphatic carbocycles. The lowest BCUT2D eigenvalue weighted by Gasteiger charge is -2.36. The molecular weight excluding hydrogens is 500 g/mol. The molecule has 0 bridgehead atoms. The standard InChI is InChI=1S/C29H34N4O4S/c1-5-36-28(35)26-20(2)31-29-33(23(19-38-29)17-25(34)30-14-15-32(3)4)27(26)22-12-9-13-24(16-22)37-18-21-10-7-6-8-11-21/h6-13,16,19,27H,5,14-15,17-18H2,1-4H3,(H,30,34)/t27-/m1/s1. The van der Waals surface area contributed by atoms with Gasteiger partial charge in [-0.1, -0.05) is 54.2 Å². The van der Waals surface area contributed by atoms with E-state index in [2.05, 4.69) is 5.32 Å². The second-order valence-corrected chi connectivity index (χ2v) is 10.1. The first-order valence-electron chi connectivity index (χ1n) is 12.7. The summed E-state index contributed by atoms with van der Waals surface area (Å²) in [4.78, 5) is 34.7. The number of amidine groups is 1. The van der Waals surface area contributed by atoms with Crippen molar-refractivity contribution in [3.63, 3.8) is 0 Å². The van der Waals surface area contributed by atoms with Gasteiger partial charge >= 0.3 is 5.97 Å². The van der Waals surface area contributed by atoms with Crippen LogP contribution in [0.15, 0.2) is 82.0 Å². The van der Waals surface area contributed by atoms with Crippen LogP contribution in [0.1, 0.15) is 37.4 Å². The van der Waals surface area contributed by atoms with Crippen molar-refractivity contribution < 1.29 is 19.1 Å². The first kappa shape index (κ1) is 27.5. The number of fused-ring (bicyclic) bond motifs is 1. The van der Waals surface area contributed by atoms with E-state index in [1.165, 1.54) is 11.8 Å². The van der Waals surface area contributed by atoms with E-state index in [1.807, 2.05) is 90.8 Å². The second kappa shape index (κ2) is 12.8. The first-order valence-corrected chi connectivity index (χ1v) is 13.5. The van der Waals surface area contributed by atoms with E-state index in [-0.39, 0.29) is 18.9 Å². The normalized spacial score (nSPS) is 16.7. The van der Waals surface area contributed by atoms with Gasteiger partial charge in [-0.15, -0.1) is 0 Å². The number of hydrogen-bond donors (Lipinski definition) is 1. The maximum atomic E-state index is 13.2. The molecule has 0 radical (unpaired) electrons. The van der Waals surface area contributed by atoms with Crippen LogP contribution in [0.3, 0.4) is 0 Å². The van der Waals surface area contributed by atoms with E-state index >= 15 is 0 Å². The van der Waals surface area contributed by atoms with Crippen LogP contribution in [-0.4, -0.2) is 60.6 Å². The number of benzene rings is 2. The zero-order valence-corrected chi connectivity index (χ0v) is 23.1. The average Bonchev–Trinajstić information content (AvgIpc) is 3.29. The molecular formula is C29H34N4O4S. The SMILES string of the molecule is CCOC(=O)C1=C(C)N=C2SC=C(CC(=O)NCCN(C)C)N2[C@@H]1c1cccc(OCc2ccccc2)c1. The van der Waals surface area contributed by atoms with E-state index < -0.39 is 12.0 Å². The molecule has 2 aliphatic heterocycles. The highest BCUT2D eigenvalue weighted by molar-refractivity contribution is 8.16. The monoisotopic (exact) mass is 534 g/mol. The van der Waals surface area contributed by atoms with E-state index in [1.54, 1.807) is 6.92 Å². The number of hydrogen-bond acceptors (Lipinski definition) is 8. The molecule has 200 valence electrons. The van der Waals surface area contributed by atoms with Crippen LogP contribution in [-0.2, 0) is 20.9 Å². The van der Waals surface area contributed by atoms with Crippen LogP contribution >= 0.6 is 11.8 Å². The highest BCUT2D eigenvalue weighted by Crippen LogP contribution is 2.45. The Morgan fingerprint density at radius 3 is 2.66 bits per heavy atom. The van der Waals surface area contributed by atoms with Crippen molar-refractivity contribution in [2.45, 2.75) is 32.9 Å². The lowest BCUT2D eigenvalue weighted by molar-refractivity contribution is -0.139. The fourth-order valence-corrected chi connectivity index (χ4v) is 5.28. The van der Waals surface area contributed by atoms with Crippen molar-refractivity contribution in [2.75, 3.05) is 33.8 Å². The van der Waals surface area contributed by atoms with Gasteiger partial charge in [0.25, 0.3) is 0 Å². The largest absolute Gasteiger partial charge is 0.489 e. The molecule has 2 aromatic carbocycles. The zero-order valence-electron chi connectivity index (χ0n) is 22.3. The topological polar surface area (TPSA) is 83.5 Å². The molecule has 2 aromatic rings. The van der Waals surface area contributed by atoms with Crippen molar-refractivity contribution in [3.8, 4) is 5.75 Å². The molecule has 1 N–H and O–H groups in total. The molecule has 0 saturated carbocycles. The molecule has 4 rings (SSSR count). The third-order valence-electron chi connectivity index (χ3n) is 6.14. The van der Waals surface area contributed by atoms with Gasteiger partial charge in [0.05, 0.1) is 30.3 Å². The number of thioether (sulfide) groups is 1. The summed E-state index contributed by atoms with van der Waals surface area (Å²) in [5.74, 6) is 0.192. The molecule has 2 aliphatic rings. The molecule has 0 saturated heterocycles. The summed E-state index contributed by atoms with van der Waals surface area (Å²) >= 11 is 1.45. The van der Waals surface area contributed by atoms with E-state index in [0.29, 0.717) is 30.2 Å². The number of amides is 1. The minimum absolute atomic E-state index is 0.0809. The summed E-state index contributed by atoms with van der Waals surface area (Å²) in [5, 5.41) is 5.64. The molecule has 0 fully saturated rings. The van der Waals surface area contributed by atoms with Crippen LogP contribution in [0.5, 0.6) is 5.75 Å². The molecule has 9 heteroatoms. The number of carbonyl (C=O) groups excluding carboxylic acids is 2. The van der Waals surface area contributed by atoms with Crippen molar-refractivity contribution in [1.82, 2.24) is 15.1 Å². The van der Waals surface area contributed by atoms with Gasteiger partial charge in [0.15, 0.2) is 5.17 Å². The molecule has 2 heterocycles. The van der Waals surface area contributed by atoms with Crippen molar-refractivity contribution in [2.24, 2.45) is 4.99 Å². The number of esters is 1. The van der Waals surface area contributed by atoms with Gasteiger partial charge in [-0.2, -0.15) is 0 Å². The Hall–Kier alpha value is -3.56. The Morgan fingerprint density at radius 1 is 1.13 bits per heavy atom. The number of allylic oxidation sites excluding steroid dienone is 1. The van der Waals surface area contributed by atoms with Crippen molar-refractivity contribution in [3.05, 3.63) is 88.1 Å². The predicted molar refractivity (Wildman–Crippen MR) is 150 cm³/mol.